The van der Waals surface area contributed by atoms with E-state index in [1.165, 1.54) is 16.2 Å². The van der Waals surface area contributed by atoms with E-state index < -0.39 is 0 Å². The van der Waals surface area contributed by atoms with Gasteiger partial charge in [0.25, 0.3) is 11.5 Å². The first-order chi connectivity index (χ1) is 10.6. The van der Waals surface area contributed by atoms with Crippen molar-refractivity contribution < 1.29 is 4.79 Å². The van der Waals surface area contributed by atoms with Crippen LogP contribution in [0.25, 0.3) is 0 Å². The minimum absolute atomic E-state index is 0.0326. The molecule has 0 atom stereocenters. The lowest BCUT2D eigenvalue weighted by Crippen LogP contribution is -2.29. The van der Waals surface area contributed by atoms with Gasteiger partial charge in [0.1, 0.15) is 6.54 Å². The predicted octanol–water partition coefficient (Wildman–Crippen LogP) is 1.97. The first kappa shape index (κ1) is 15.7. The van der Waals surface area contributed by atoms with Crippen LogP contribution in [0.2, 0.25) is 0 Å². The Morgan fingerprint density at radius 1 is 1.14 bits per heavy atom. The first-order valence-electron chi connectivity index (χ1n) is 7.16. The Kier molecular flexibility index (Phi) is 5.65. The summed E-state index contributed by atoms with van der Waals surface area (Å²) in [5.41, 5.74) is 4.36. The van der Waals surface area contributed by atoms with Gasteiger partial charge in [0.15, 0.2) is 0 Å². The normalized spacial score (nSPS) is 11.2. The van der Waals surface area contributed by atoms with Crippen LogP contribution in [0.15, 0.2) is 64.6 Å². The molecule has 2 rings (SSSR count). The summed E-state index contributed by atoms with van der Waals surface area (Å²) in [6, 6.07) is 14.9. The lowest BCUT2D eigenvalue weighted by molar-refractivity contribution is -0.121. The molecule has 0 aliphatic carbocycles. The number of aryl methyl sites for hydroxylation is 1. The molecule has 114 valence electrons. The van der Waals surface area contributed by atoms with Crippen LogP contribution in [0.3, 0.4) is 0 Å². The fourth-order valence-electron chi connectivity index (χ4n) is 1.96. The van der Waals surface area contributed by atoms with Crippen molar-refractivity contribution in [2.45, 2.75) is 26.3 Å². The van der Waals surface area contributed by atoms with Gasteiger partial charge < -0.3 is 4.57 Å². The molecular formula is C17H19N3O2. The highest BCUT2D eigenvalue weighted by Gasteiger charge is 2.03. The maximum absolute atomic E-state index is 11.8. The smallest absolute Gasteiger partial charge is 0.260 e. The molecule has 2 aromatic rings. The van der Waals surface area contributed by atoms with Crippen molar-refractivity contribution >= 4 is 11.6 Å². The molecule has 0 aliphatic rings. The molecule has 5 heteroatoms. The van der Waals surface area contributed by atoms with E-state index in [0.717, 1.165) is 18.6 Å². The van der Waals surface area contributed by atoms with Gasteiger partial charge in [-0.1, -0.05) is 36.4 Å². The second kappa shape index (κ2) is 7.93. The second-order valence-corrected chi connectivity index (χ2v) is 5.03. The molecule has 1 heterocycles. The second-order valence-electron chi connectivity index (χ2n) is 5.03. The summed E-state index contributed by atoms with van der Waals surface area (Å²) in [5.74, 6) is -0.313. The average molecular weight is 297 g/mol. The fourth-order valence-corrected chi connectivity index (χ4v) is 1.96. The molecule has 0 aliphatic heterocycles. The number of aromatic nitrogens is 1. The third-order valence-electron chi connectivity index (χ3n) is 3.20. The van der Waals surface area contributed by atoms with Gasteiger partial charge in [0.2, 0.25) is 0 Å². The number of amides is 1. The van der Waals surface area contributed by atoms with Crippen LogP contribution in [0.4, 0.5) is 0 Å². The molecule has 0 bridgehead atoms. The third kappa shape index (κ3) is 5.01. The summed E-state index contributed by atoms with van der Waals surface area (Å²) in [6.07, 6.45) is 3.23. The Balaban J connectivity index is 1.81. The molecule has 0 radical (unpaired) electrons. The van der Waals surface area contributed by atoms with Crippen LogP contribution >= 0.6 is 0 Å². The molecule has 1 aromatic heterocycles. The van der Waals surface area contributed by atoms with E-state index >= 15 is 0 Å². The maximum Gasteiger partial charge on any atom is 0.260 e. The molecule has 22 heavy (non-hydrogen) atoms. The van der Waals surface area contributed by atoms with Crippen molar-refractivity contribution in [1.82, 2.24) is 9.99 Å². The summed E-state index contributed by atoms with van der Waals surface area (Å²) in [4.78, 5) is 23.3. The highest BCUT2D eigenvalue weighted by atomic mass is 16.2. The van der Waals surface area contributed by atoms with Crippen molar-refractivity contribution in [3.8, 4) is 0 Å². The molecule has 0 spiro atoms. The zero-order chi connectivity index (χ0) is 15.8. The zero-order valence-electron chi connectivity index (χ0n) is 12.5. The Labute approximate surface area is 129 Å². The summed E-state index contributed by atoms with van der Waals surface area (Å²) in [7, 11) is 0. The zero-order valence-corrected chi connectivity index (χ0v) is 12.5. The summed E-state index contributed by atoms with van der Waals surface area (Å²) >= 11 is 0. The number of hydrazone groups is 1. The van der Waals surface area contributed by atoms with Gasteiger partial charge in [-0.25, -0.2) is 5.43 Å². The van der Waals surface area contributed by atoms with E-state index in [-0.39, 0.29) is 18.0 Å². The standard InChI is InChI=1S/C17H19N3O2/c1-14(10-11-15-7-3-2-4-8-15)18-19-16(21)13-20-12-6-5-9-17(20)22/h2-9,12H,10-11,13H2,1H3,(H,19,21)/b18-14-. The number of benzene rings is 1. The largest absolute Gasteiger partial charge is 0.306 e. The monoisotopic (exact) mass is 297 g/mol. The highest BCUT2D eigenvalue weighted by Crippen LogP contribution is 2.03. The molecule has 1 N–H and O–H groups in total. The van der Waals surface area contributed by atoms with Gasteiger partial charge in [0, 0.05) is 18.0 Å². The molecule has 0 saturated heterocycles. The molecule has 1 amide bonds. The van der Waals surface area contributed by atoms with Gasteiger partial charge in [-0.3, -0.25) is 9.59 Å². The van der Waals surface area contributed by atoms with E-state index in [2.05, 4.69) is 22.7 Å². The van der Waals surface area contributed by atoms with Crippen molar-refractivity contribution in [3.63, 3.8) is 0 Å². The molecule has 5 nitrogen and oxygen atoms in total. The number of pyridine rings is 1. The van der Waals surface area contributed by atoms with Crippen molar-refractivity contribution in [3.05, 3.63) is 70.6 Å². The Bertz CT molecular complexity index is 705. The van der Waals surface area contributed by atoms with Crippen LogP contribution < -0.4 is 11.0 Å². The van der Waals surface area contributed by atoms with E-state index in [1.54, 1.807) is 18.3 Å². The highest BCUT2D eigenvalue weighted by molar-refractivity contribution is 5.84. The number of nitrogens with zero attached hydrogens (tertiary/aromatic N) is 2. The minimum Gasteiger partial charge on any atom is -0.306 e. The van der Waals surface area contributed by atoms with Gasteiger partial charge in [-0.15, -0.1) is 0 Å². The SMILES string of the molecule is C/C(CCc1ccccc1)=N/NC(=O)Cn1ccccc1=O. The Morgan fingerprint density at radius 3 is 2.59 bits per heavy atom. The van der Waals surface area contributed by atoms with E-state index in [1.807, 2.05) is 25.1 Å². The van der Waals surface area contributed by atoms with Crippen LogP contribution in [0.1, 0.15) is 18.9 Å². The number of nitrogens with one attached hydrogen (secondary N) is 1. The number of carbonyl (C=O) groups is 1. The van der Waals surface area contributed by atoms with E-state index in [9.17, 15) is 9.59 Å². The van der Waals surface area contributed by atoms with Crippen molar-refractivity contribution in [1.29, 1.82) is 0 Å². The summed E-state index contributed by atoms with van der Waals surface area (Å²) in [5, 5.41) is 4.07. The van der Waals surface area contributed by atoms with Crippen LogP contribution in [-0.4, -0.2) is 16.2 Å². The van der Waals surface area contributed by atoms with Crippen LogP contribution in [0, 0.1) is 0 Å². The van der Waals surface area contributed by atoms with Gasteiger partial charge in [-0.05, 0) is 31.4 Å². The number of hydrogen-bond donors (Lipinski definition) is 1. The third-order valence-corrected chi connectivity index (χ3v) is 3.20. The van der Waals surface area contributed by atoms with E-state index in [4.69, 9.17) is 0 Å². The molecule has 0 fully saturated rings. The summed E-state index contributed by atoms with van der Waals surface area (Å²) in [6.45, 7) is 1.84. The molecule has 0 unspecified atom stereocenters. The molecule has 0 saturated carbocycles. The van der Waals surface area contributed by atoms with Crippen molar-refractivity contribution in [2.75, 3.05) is 0 Å². The number of hydrogen-bond acceptors (Lipinski definition) is 3. The maximum atomic E-state index is 11.8. The molecular weight excluding hydrogens is 278 g/mol. The minimum atomic E-state index is -0.313. The lowest BCUT2D eigenvalue weighted by Gasteiger charge is -2.05. The Morgan fingerprint density at radius 2 is 1.86 bits per heavy atom. The van der Waals surface area contributed by atoms with Gasteiger partial charge in [0.05, 0.1) is 0 Å². The fraction of sp³-hybridized carbons (Fsp3) is 0.235. The van der Waals surface area contributed by atoms with Gasteiger partial charge >= 0.3 is 0 Å². The lowest BCUT2D eigenvalue weighted by atomic mass is 10.1. The topological polar surface area (TPSA) is 63.5 Å². The molecule has 1 aromatic carbocycles. The quantitative estimate of drug-likeness (QED) is 0.654. The van der Waals surface area contributed by atoms with Crippen LogP contribution in [-0.2, 0) is 17.8 Å². The Hall–Kier alpha value is -2.69. The number of rotatable bonds is 6. The summed E-state index contributed by atoms with van der Waals surface area (Å²) < 4.78 is 1.34. The van der Waals surface area contributed by atoms with E-state index in [0.29, 0.717) is 0 Å². The van der Waals surface area contributed by atoms with Crippen molar-refractivity contribution in [2.24, 2.45) is 5.10 Å². The van der Waals surface area contributed by atoms with Crippen LogP contribution in [0.5, 0.6) is 0 Å². The first-order valence-corrected chi connectivity index (χ1v) is 7.16. The predicted molar refractivity (Wildman–Crippen MR) is 86.7 cm³/mol. The number of carbonyl (C=O) groups excluding carboxylic acids is 1. The van der Waals surface area contributed by atoms with Gasteiger partial charge in [-0.2, -0.15) is 5.10 Å². The average Bonchev–Trinajstić information content (AvgIpc) is 2.54.